The molecule has 6 heteroatoms. The second-order valence-electron chi connectivity index (χ2n) is 6.35. The second kappa shape index (κ2) is 7.74. The van der Waals surface area contributed by atoms with Gasteiger partial charge in [-0.2, -0.15) is 0 Å². The Morgan fingerprint density at radius 1 is 1.15 bits per heavy atom. The molecule has 1 aliphatic rings. The van der Waals surface area contributed by atoms with Crippen molar-refractivity contribution in [1.82, 2.24) is 20.3 Å². The number of hydrogen-bond acceptors (Lipinski definition) is 5. The lowest BCUT2D eigenvalue weighted by molar-refractivity contribution is 0.0949. The fourth-order valence-corrected chi connectivity index (χ4v) is 4.15. The molecule has 0 spiro atoms. The van der Waals surface area contributed by atoms with Crippen molar-refractivity contribution in [3.63, 3.8) is 0 Å². The highest BCUT2D eigenvalue weighted by Crippen LogP contribution is 2.30. The Kier molecular flexibility index (Phi) is 5.02. The van der Waals surface area contributed by atoms with Crippen LogP contribution in [0.2, 0.25) is 0 Å². The predicted octanol–water partition coefficient (Wildman–Crippen LogP) is 4.37. The largest absolute Gasteiger partial charge is 0.350 e. The summed E-state index contributed by atoms with van der Waals surface area (Å²) in [6.07, 6.45) is 11.2. The van der Waals surface area contributed by atoms with Crippen molar-refractivity contribution < 1.29 is 4.79 Å². The van der Waals surface area contributed by atoms with Gasteiger partial charge < -0.3 is 5.32 Å². The highest BCUT2D eigenvalue weighted by Gasteiger charge is 2.18. The molecule has 4 rings (SSSR count). The number of hydrogen-bond donors (Lipinski definition) is 1. The minimum atomic E-state index is -0.191. The van der Waals surface area contributed by atoms with E-state index in [1.54, 1.807) is 12.4 Å². The van der Waals surface area contributed by atoms with Gasteiger partial charge in [0.2, 0.25) is 0 Å². The number of thiazole rings is 1. The first-order valence-corrected chi connectivity index (χ1v) is 9.76. The van der Waals surface area contributed by atoms with Crippen LogP contribution in [-0.2, 0) is 0 Å². The molecule has 3 aromatic rings. The van der Waals surface area contributed by atoms with Gasteiger partial charge in [0.15, 0.2) is 5.69 Å². The number of benzene rings is 1. The summed E-state index contributed by atoms with van der Waals surface area (Å²) >= 11 is 1.53. The van der Waals surface area contributed by atoms with Crippen molar-refractivity contribution in [2.75, 3.05) is 6.54 Å². The Bertz CT molecular complexity index is 930. The number of nitrogens with one attached hydrogen (secondary N) is 1. The minimum Gasteiger partial charge on any atom is -0.350 e. The van der Waals surface area contributed by atoms with E-state index in [1.165, 1.54) is 29.8 Å². The number of carbonyl (C=O) groups is 1. The average molecular weight is 364 g/mol. The summed E-state index contributed by atoms with van der Waals surface area (Å²) < 4.78 is 1.07. The second-order valence-corrected chi connectivity index (χ2v) is 7.39. The molecule has 0 saturated heterocycles. The molecule has 0 saturated carbocycles. The third-order valence-electron chi connectivity index (χ3n) is 4.53. The molecular weight excluding hydrogens is 344 g/mol. The number of nitrogens with zero attached hydrogens (tertiary/aromatic N) is 3. The summed E-state index contributed by atoms with van der Waals surface area (Å²) in [5.74, 6) is -0.191. The van der Waals surface area contributed by atoms with Crippen LogP contribution in [0.4, 0.5) is 0 Å². The van der Waals surface area contributed by atoms with Crippen molar-refractivity contribution in [3.05, 3.63) is 54.0 Å². The van der Waals surface area contributed by atoms with Crippen LogP contribution in [0, 0.1) is 0 Å². The van der Waals surface area contributed by atoms with Gasteiger partial charge in [-0.3, -0.25) is 4.79 Å². The van der Waals surface area contributed by atoms with E-state index in [4.69, 9.17) is 0 Å². The molecule has 1 N–H and O–H groups in total. The van der Waals surface area contributed by atoms with Crippen LogP contribution in [0.1, 0.15) is 42.6 Å². The number of aromatic nitrogens is 3. The molecule has 0 atom stereocenters. The minimum absolute atomic E-state index is 0.191. The third-order valence-corrected chi connectivity index (χ3v) is 5.57. The molecule has 0 bridgehead atoms. The summed E-state index contributed by atoms with van der Waals surface area (Å²) in [5.41, 5.74) is 3.24. The van der Waals surface area contributed by atoms with Crippen molar-refractivity contribution in [2.45, 2.75) is 32.1 Å². The zero-order chi connectivity index (χ0) is 17.8. The SMILES string of the molecule is O=C(NCCC1=CCCCC1)c1nccnc1-c1nc2ccccc2s1. The molecule has 2 aromatic heterocycles. The zero-order valence-corrected chi connectivity index (χ0v) is 15.3. The van der Waals surface area contributed by atoms with E-state index >= 15 is 0 Å². The number of carbonyl (C=O) groups excluding carboxylic acids is 1. The van der Waals surface area contributed by atoms with Gasteiger partial charge in [-0.1, -0.05) is 23.8 Å². The lowest BCUT2D eigenvalue weighted by Gasteiger charge is -2.13. The summed E-state index contributed by atoms with van der Waals surface area (Å²) in [4.78, 5) is 25.9. The van der Waals surface area contributed by atoms with Gasteiger partial charge in [0.1, 0.15) is 10.7 Å². The van der Waals surface area contributed by atoms with Crippen LogP contribution in [0.5, 0.6) is 0 Å². The highest BCUT2D eigenvalue weighted by atomic mass is 32.1. The smallest absolute Gasteiger partial charge is 0.272 e. The Morgan fingerprint density at radius 3 is 2.88 bits per heavy atom. The predicted molar refractivity (Wildman–Crippen MR) is 104 cm³/mol. The average Bonchev–Trinajstić information content (AvgIpc) is 3.13. The fraction of sp³-hybridized carbons (Fsp3) is 0.300. The molecule has 2 heterocycles. The number of allylic oxidation sites excluding steroid dienone is 1. The molecule has 1 aliphatic carbocycles. The van der Waals surface area contributed by atoms with Crippen LogP contribution in [0.3, 0.4) is 0 Å². The molecule has 1 aromatic carbocycles. The first-order chi connectivity index (χ1) is 12.8. The molecular formula is C20H20N4OS. The van der Waals surface area contributed by atoms with E-state index in [1.807, 2.05) is 24.3 Å². The van der Waals surface area contributed by atoms with E-state index in [0.717, 1.165) is 34.5 Å². The summed E-state index contributed by atoms with van der Waals surface area (Å²) in [6, 6.07) is 7.92. The standard InChI is InChI=1S/C20H20N4OS/c25-19(23-11-10-14-6-2-1-3-7-14)17-18(22-13-12-21-17)20-24-15-8-4-5-9-16(15)26-20/h4-6,8-9,12-13H,1-3,7,10-11H2,(H,23,25). The first-order valence-electron chi connectivity index (χ1n) is 8.94. The summed E-state index contributed by atoms with van der Waals surface area (Å²) in [5, 5.41) is 3.71. The van der Waals surface area contributed by atoms with E-state index in [9.17, 15) is 4.79 Å². The maximum absolute atomic E-state index is 12.6. The number of fused-ring (bicyclic) bond motifs is 1. The van der Waals surface area contributed by atoms with Crippen LogP contribution in [0.25, 0.3) is 20.9 Å². The van der Waals surface area contributed by atoms with Crippen molar-refractivity contribution >= 4 is 27.5 Å². The lowest BCUT2D eigenvalue weighted by atomic mass is 9.97. The van der Waals surface area contributed by atoms with Gasteiger partial charge in [0.05, 0.1) is 10.2 Å². The molecule has 0 unspecified atom stereocenters. The summed E-state index contributed by atoms with van der Waals surface area (Å²) in [7, 11) is 0. The zero-order valence-electron chi connectivity index (χ0n) is 14.4. The van der Waals surface area contributed by atoms with Gasteiger partial charge in [-0.25, -0.2) is 15.0 Å². The Labute approximate surface area is 156 Å². The van der Waals surface area contributed by atoms with Gasteiger partial charge in [-0.15, -0.1) is 11.3 Å². The van der Waals surface area contributed by atoms with Crippen LogP contribution < -0.4 is 5.32 Å². The lowest BCUT2D eigenvalue weighted by Crippen LogP contribution is -2.26. The van der Waals surface area contributed by atoms with E-state index in [0.29, 0.717) is 17.9 Å². The summed E-state index contributed by atoms with van der Waals surface area (Å²) in [6.45, 7) is 0.626. The van der Waals surface area contributed by atoms with Gasteiger partial charge in [0.25, 0.3) is 5.91 Å². The molecule has 132 valence electrons. The normalized spacial score (nSPS) is 14.2. The topological polar surface area (TPSA) is 67.8 Å². The van der Waals surface area contributed by atoms with Crippen LogP contribution in [-0.4, -0.2) is 27.4 Å². The van der Waals surface area contributed by atoms with Crippen molar-refractivity contribution in [2.24, 2.45) is 0 Å². The highest BCUT2D eigenvalue weighted by molar-refractivity contribution is 7.21. The Balaban J connectivity index is 1.51. The number of rotatable bonds is 5. The fourth-order valence-electron chi connectivity index (χ4n) is 3.19. The molecule has 0 aliphatic heterocycles. The molecule has 26 heavy (non-hydrogen) atoms. The third kappa shape index (κ3) is 3.65. The number of para-hydroxylation sites is 1. The van der Waals surface area contributed by atoms with Crippen LogP contribution >= 0.6 is 11.3 Å². The molecule has 0 radical (unpaired) electrons. The van der Waals surface area contributed by atoms with Gasteiger partial charge in [0, 0.05) is 18.9 Å². The number of amides is 1. The van der Waals surface area contributed by atoms with Gasteiger partial charge >= 0.3 is 0 Å². The molecule has 0 fully saturated rings. The van der Waals surface area contributed by atoms with E-state index in [2.05, 4.69) is 26.3 Å². The van der Waals surface area contributed by atoms with E-state index in [-0.39, 0.29) is 5.91 Å². The molecule has 1 amide bonds. The Morgan fingerprint density at radius 2 is 2.04 bits per heavy atom. The quantitative estimate of drug-likeness (QED) is 0.683. The maximum Gasteiger partial charge on any atom is 0.272 e. The Hall–Kier alpha value is -2.60. The maximum atomic E-state index is 12.6. The van der Waals surface area contributed by atoms with Crippen LogP contribution in [0.15, 0.2) is 48.3 Å². The van der Waals surface area contributed by atoms with Gasteiger partial charge in [-0.05, 0) is 44.2 Å². The van der Waals surface area contributed by atoms with Crippen molar-refractivity contribution in [1.29, 1.82) is 0 Å². The molecule has 5 nitrogen and oxygen atoms in total. The van der Waals surface area contributed by atoms with E-state index < -0.39 is 0 Å². The monoisotopic (exact) mass is 364 g/mol. The first kappa shape index (κ1) is 16.8. The van der Waals surface area contributed by atoms with Crippen molar-refractivity contribution in [3.8, 4) is 10.7 Å².